The lowest BCUT2D eigenvalue weighted by Crippen LogP contribution is -2.50. The van der Waals surface area contributed by atoms with Gasteiger partial charge in [-0.15, -0.1) is 10.2 Å². The van der Waals surface area contributed by atoms with Crippen LogP contribution in [-0.4, -0.2) is 51.7 Å². The third kappa shape index (κ3) is 2.26. The first-order valence-corrected chi connectivity index (χ1v) is 10.1. The number of hydrogen-bond donors (Lipinski definition) is 0. The Morgan fingerprint density at radius 1 is 0.968 bits per heavy atom. The van der Waals surface area contributed by atoms with E-state index in [0.29, 0.717) is 16.7 Å². The molecule has 2 saturated heterocycles. The van der Waals surface area contributed by atoms with Crippen LogP contribution < -0.4 is 14.8 Å². The van der Waals surface area contributed by atoms with E-state index in [-0.39, 0.29) is 11.8 Å². The van der Waals surface area contributed by atoms with Crippen LogP contribution in [-0.2, 0) is 9.59 Å². The number of benzene rings is 2. The normalized spacial score (nSPS) is 23.6. The van der Waals surface area contributed by atoms with E-state index >= 15 is 0 Å². The van der Waals surface area contributed by atoms with E-state index in [1.54, 1.807) is 24.5 Å². The minimum Gasteiger partial charge on any atom is -0.497 e. The molecule has 0 radical (unpaired) electrons. The van der Waals surface area contributed by atoms with Gasteiger partial charge in [0.1, 0.15) is 18.1 Å². The maximum absolute atomic E-state index is 13.2. The summed E-state index contributed by atoms with van der Waals surface area (Å²) in [5.41, 5.74) is 2.49. The number of rotatable bonds is 2. The fourth-order valence-electron chi connectivity index (χ4n) is 4.88. The lowest BCUT2D eigenvalue weighted by Gasteiger charge is -2.41. The number of imide groups is 1. The Hall–Kier alpha value is -3.59. The number of likely N-dealkylation sites (tertiary alicyclic amines) is 1. The summed E-state index contributed by atoms with van der Waals surface area (Å²) < 4.78 is 7.11. The van der Waals surface area contributed by atoms with Gasteiger partial charge in [0, 0.05) is 12.1 Å². The van der Waals surface area contributed by atoms with Gasteiger partial charge in [-0.1, -0.05) is 23.7 Å². The number of nitrogens with zero attached hydrogens (tertiary/aromatic N) is 6. The van der Waals surface area contributed by atoms with Crippen LogP contribution in [0.1, 0.15) is 11.6 Å². The highest BCUT2D eigenvalue weighted by Crippen LogP contribution is 2.53. The molecule has 3 aliphatic rings. The smallest absolute Gasteiger partial charge is 0.254 e. The predicted molar refractivity (Wildman–Crippen MR) is 112 cm³/mol. The lowest BCUT2D eigenvalue weighted by molar-refractivity contribution is -0.138. The van der Waals surface area contributed by atoms with Crippen molar-refractivity contribution in [2.24, 2.45) is 5.92 Å². The van der Waals surface area contributed by atoms with Gasteiger partial charge in [-0.25, -0.2) is 5.01 Å². The fourth-order valence-corrected chi connectivity index (χ4v) is 5.05. The van der Waals surface area contributed by atoms with E-state index in [9.17, 15) is 9.59 Å². The Labute approximate surface area is 182 Å². The van der Waals surface area contributed by atoms with E-state index < -0.39 is 18.0 Å². The number of anilines is 2. The minimum atomic E-state index is -0.723. The zero-order chi connectivity index (χ0) is 21.4. The Balaban J connectivity index is 1.62. The molecule has 156 valence electrons. The average Bonchev–Trinajstić information content (AvgIpc) is 3.45. The first-order valence-electron chi connectivity index (χ1n) is 9.75. The van der Waals surface area contributed by atoms with Gasteiger partial charge in [0.15, 0.2) is 0 Å². The van der Waals surface area contributed by atoms with Gasteiger partial charge in [0.25, 0.3) is 11.9 Å². The van der Waals surface area contributed by atoms with E-state index in [2.05, 4.69) is 10.2 Å². The van der Waals surface area contributed by atoms with E-state index in [0.717, 1.165) is 16.9 Å². The van der Waals surface area contributed by atoms with Gasteiger partial charge in [-0.3, -0.25) is 24.1 Å². The van der Waals surface area contributed by atoms with Crippen molar-refractivity contribution in [2.45, 2.75) is 12.1 Å². The van der Waals surface area contributed by atoms with Crippen LogP contribution in [0.3, 0.4) is 0 Å². The molecule has 6 rings (SSSR count). The van der Waals surface area contributed by atoms with Crippen molar-refractivity contribution in [2.75, 3.05) is 24.2 Å². The minimum absolute atomic E-state index is 0.222. The van der Waals surface area contributed by atoms with Crippen LogP contribution in [0, 0.1) is 5.92 Å². The molecule has 1 aromatic heterocycles. The number of ether oxygens (including phenoxy) is 1. The van der Waals surface area contributed by atoms with Crippen molar-refractivity contribution in [3.05, 3.63) is 59.4 Å². The molecular weight excluding hydrogens is 420 g/mol. The summed E-state index contributed by atoms with van der Waals surface area (Å²) in [6.07, 6.45) is 1.60. The van der Waals surface area contributed by atoms with E-state index in [4.69, 9.17) is 16.3 Å². The zero-order valence-corrected chi connectivity index (χ0v) is 17.4. The molecule has 0 bridgehead atoms. The first-order chi connectivity index (χ1) is 15.0. The topological polar surface area (TPSA) is 83.8 Å². The van der Waals surface area contributed by atoms with E-state index in [1.165, 1.54) is 11.9 Å². The Morgan fingerprint density at radius 2 is 1.74 bits per heavy atom. The summed E-state index contributed by atoms with van der Waals surface area (Å²) in [5.74, 6) is 0.0945. The second-order valence-corrected chi connectivity index (χ2v) is 8.18. The SMILES string of the molecule is COc1ccc([C@H]2[C@@H]3C(=O)N(C)C(=O)[C@@H]3N3c4nncn4-c4ccc(Cl)cc4N23)cc1. The molecule has 3 aromatic rings. The number of carbonyl (C=O) groups excluding carboxylic acids is 2. The molecule has 0 aliphatic carbocycles. The van der Waals surface area contributed by atoms with Crippen molar-refractivity contribution in [1.82, 2.24) is 19.7 Å². The summed E-state index contributed by atoms with van der Waals surface area (Å²) in [6, 6.07) is 11.9. The summed E-state index contributed by atoms with van der Waals surface area (Å²) >= 11 is 6.36. The molecule has 0 saturated carbocycles. The number of hydrazine groups is 1. The second kappa shape index (κ2) is 6.21. The maximum atomic E-state index is 13.2. The van der Waals surface area contributed by atoms with Crippen molar-refractivity contribution in [1.29, 1.82) is 0 Å². The zero-order valence-electron chi connectivity index (χ0n) is 16.6. The number of carbonyl (C=O) groups is 2. The summed E-state index contributed by atoms with van der Waals surface area (Å²) in [5, 5.41) is 12.7. The maximum Gasteiger partial charge on any atom is 0.254 e. The first kappa shape index (κ1) is 18.2. The monoisotopic (exact) mass is 436 g/mol. The van der Waals surface area contributed by atoms with Gasteiger partial charge in [0.05, 0.1) is 30.4 Å². The molecule has 9 nitrogen and oxygen atoms in total. The largest absolute Gasteiger partial charge is 0.497 e. The molecule has 0 N–H and O–H groups in total. The van der Waals surface area contributed by atoms with Crippen LogP contribution in [0.2, 0.25) is 5.02 Å². The van der Waals surface area contributed by atoms with Crippen molar-refractivity contribution in [3.63, 3.8) is 0 Å². The van der Waals surface area contributed by atoms with Crippen LogP contribution in [0.4, 0.5) is 11.6 Å². The van der Waals surface area contributed by atoms with Gasteiger partial charge < -0.3 is 4.74 Å². The van der Waals surface area contributed by atoms with Gasteiger partial charge in [0.2, 0.25) is 5.91 Å². The number of halogens is 1. The molecular formula is C21H17ClN6O3. The third-order valence-electron chi connectivity index (χ3n) is 6.27. The molecule has 10 heteroatoms. The molecule has 3 atom stereocenters. The number of methoxy groups -OCH3 is 1. The molecule has 2 fully saturated rings. The molecule has 2 amide bonds. The van der Waals surface area contributed by atoms with Gasteiger partial charge in [-0.05, 0) is 35.9 Å². The Bertz CT molecular complexity index is 1240. The van der Waals surface area contributed by atoms with Crippen LogP contribution in [0.15, 0.2) is 48.8 Å². The predicted octanol–water partition coefficient (Wildman–Crippen LogP) is 2.21. The molecule has 31 heavy (non-hydrogen) atoms. The molecule has 2 aromatic carbocycles. The standard InChI is InChI=1S/C21H17ClN6O3/c1-25-19(29)16-17(11-3-6-13(31-2)7-4-11)27-15-9-12(22)5-8-14(15)26-10-23-24-21(26)28(27)18(16)20(25)30/h3-10,16-18H,1-2H3/t16-,17-,18+/m0/s1. The highest BCUT2D eigenvalue weighted by molar-refractivity contribution is 6.31. The van der Waals surface area contributed by atoms with Crippen LogP contribution in [0.25, 0.3) is 5.69 Å². The number of fused-ring (bicyclic) bond motifs is 8. The summed E-state index contributed by atoms with van der Waals surface area (Å²) in [4.78, 5) is 27.6. The highest BCUT2D eigenvalue weighted by Gasteiger charge is 2.63. The van der Waals surface area contributed by atoms with E-state index in [1.807, 2.05) is 46.0 Å². The Morgan fingerprint density at radius 3 is 2.48 bits per heavy atom. The van der Waals surface area contributed by atoms with Crippen LogP contribution in [0.5, 0.6) is 5.75 Å². The molecule has 0 unspecified atom stereocenters. The van der Waals surface area contributed by atoms with Crippen molar-refractivity contribution < 1.29 is 14.3 Å². The van der Waals surface area contributed by atoms with Crippen LogP contribution >= 0.6 is 11.6 Å². The third-order valence-corrected chi connectivity index (χ3v) is 6.51. The number of amides is 2. The fraction of sp³-hybridized carbons (Fsp3) is 0.238. The molecule has 3 aliphatic heterocycles. The number of hydrogen-bond acceptors (Lipinski definition) is 7. The Kier molecular flexibility index (Phi) is 3.64. The van der Waals surface area contributed by atoms with Gasteiger partial charge >= 0.3 is 0 Å². The lowest BCUT2D eigenvalue weighted by atomic mass is 9.90. The van der Waals surface area contributed by atoms with Crippen molar-refractivity contribution >= 4 is 35.1 Å². The quantitative estimate of drug-likeness (QED) is 0.569. The average molecular weight is 437 g/mol. The van der Waals surface area contributed by atoms with Crippen molar-refractivity contribution in [3.8, 4) is 11.4 Å². The number of aromatic nitrogens is 3. The summed E-state index contributed by atoms with van der Waals surface area (Å²) in [7, 11) is 3.13. The van der Waals surface area contributed by atoms with Gasteiger partial charge in [-0.2, -0.15) is 0 Å². The highest BCUT2D eigenvalue weighted by atomic mass is 35.5. The number of likely N-dealkylation sites (N-methyl/N-ethyl adjacent to an activating group) is 1. The second-order valence-electron chi connectivity index (χ2n) is 7.75. The molecule has 0 spiro atoms. The summed E-state index contributed by atoms with van der Waals surface area (Å²) in [6.45, 7) is 0. The molecule has 4 heterocycles.